The number of nitrogens with zero attached hydrogens (tertiary/aromatic N) is 4. The van der Waals surface area contributed by atoms with E-state index in [-0.39, 0.29) is 11.5 Å². The molecule has 32 heavy (non-hydrogen) atoms. The smallest absolute Gasteiger partial charge is 0.168 e. The number of nitrogen functional groups attached to an aromatic ring is 1. The summed E-state index contributed by atoms with van der Waals surface area (Å²) in [5.74, 6) is -1.10. The number of hydrogen-bond donors (Lipinski definition) is 2. The number of hydrogen-bond acceptors (Lipinski definition) is 6. The minimum Gasteiger partial charge on any atom is -0.495 e. The van der Waals surface area contributed by atoms with Crippen LogP contribution < -0.4 is 15.8 Å². The molecule has 0 spiro atoms. The summed E-state index contributed by atoms with van der Waals surface area (Å²) in [6.45, 7) is 1.72. The Morgan fingerprint density at radius 2 is 1.81 bits per heavy atom. The molecule has 3 aromatic rings. The van der Waals surface area contributed by atoms with E-state index in [0.29, 0.717) is 35.9 Å². The van der Waals surface area contributed by atoms with Crippen molar-refractivity contribution < 1.29 is 17.9 Å². The van der Waals surface area contributed by atoms with Crippen LogP contribution >= 0.6 is 0 Å². The Morgan fingerprint density at radius 3 is 2.44 bits per heavy atom. The van der Waals surface area contributed by atoms with Crippen molar-refractivity contribution >= 4 is 11.5 Å². The fourth-order valence-electron chi connectivity index (χ4n) is 4.17. The van der Waals surface area contributed by atoms with Crippen LogP contribution in [0.1, 0.15) is 50.1 Å². The third kappa shape index (κ3) is 4.64. The first-order valence-corrected chi connectivity index (χ1v) is 10.9. The van der Waals surface area contributed by atoms with Gasteiger partial charge in [0, 0.05) is 18.1 Å². The summed E-state index contributed by atoms with van der Waals surface area (Å²) in [4.78, 5) is 8.07. The molecule has 1 aliphatic heterocycles. The Bertz CT molecular complexity index is 1080. The van der Waals surface area contributed by atoms with Crippen LogP contribution in [0.2, 0.25) is 0 Å². The average molecular weight is 448 g/mol. The van der Waals surface area contributed by atoms with Gasteiger partial charge in [0.2, 0.25) is 0 Å². The molecule has 3 aromatic heterocycles. The molecule has 10 heteroatoms. The number of fused-ring (bicyclic) bond motifs is 1. The third-order valence-corrected chi connectivity index (χ3v) is 5.91. The molecule has 1 saturated heterocycles. The van der Waals surface area contributed by atoms with Crippen LogP contribution in [0.5, 0.6) is 5.75 Å². The number of piperidine rings is 1. The van der Waals surface area contributed by atoms with Gasteiger partial charge >= 0.3 is 0 Å². The molecule has 1 saturated carbocycles. The molecule has 0 radical (unpaired) electrons. The molecule has 2 fully saturated rings. The lowest BCUT2D eigenvalue weighted by Crippen LogP contribution is -2.28. The number of alkyl halides is 1. The van der Waals surface area contributed by atoms with Crippen LogP contribution in [0.3, 0.4) is 0 Å². The molecule has 0 aromatic carbocycles. The van der Waals surface area contributed by atoms with E-state index >= 15 is 0 Å². The largest absolute Gasteiger partial charge is 0.495 e. The number of rotatable bonds is 3. The van der Waals surface area contributed by atoms with Crippen molar-refractivity contribution in [3.05, 3.63) is 35.7 Å². The lowest BCUT2D eigenvalue weighted by molar-refractivity contribution is 0.262. The summed E-state index contributed by atoms with van der Waals surface area (Å²) in [7, 11) is 1.59. The fraction of sp³-hybridized carbons (Fsp3) is 0.500. The highest BCUT2D eigenvalue weighted by Crippen LogP contribution is 2.38. The first-order chi connectivity index (χ1) is 15.5. The SMILES string of the molecule is COc1cc2ncc(-c3nc(N)c(F)cc3F)n2nc1C1CCCC1.FC1CCNCC1. The molecule has 1 aliphatic carbocycles. The Labute approximate surface area is 184 Å². The molecule has 0 amide bonds. The van der Waals surface area contributed by atoms with Gasteiger partial charge in [0.1, 0.15) is 29.0 Å². The number of aromatic nitrogens is 4. The normalized spacial score (nSPS) is 17.4. The van der Waals surface area contributed by atoms with E-state index in [1.807, 2.05) is 0 Å². The van der Waals surface area contributed by atoms with Crippen LogP contribution in [-0.4, -0.2) is 46.0 Å². The molecule has 0 atom stereocenters. The van der Waals surface area contributed by atoms with Crippen LogP contribution in [0, 0.1) is 11.6 Å². The maximum Gasteiger partial charge on any atom is 0.168 e. The molecule has 0 unspecified atom stereocenters. The van der Waals surface area contributed by atoms with Gasteiger partial charge in [0.25, 0.3) is 0 Å². The van der Waals surface area contributed by atoms with Crippen molar-refractivity contribution in [2.24, 2.45) is 0 Å². The van der Waals surface area contributed by atoms with Crippen molar-refractivity contribution in [2.45, 2.75) is 50.6 Å². The summed E-state index contributed by atoms with van der Waals surface area (Å²) in [5.41, 5.74) is 7.05. The second kappa shape index (κ2) is 9.72. The highest BCUT2D eigenvalue weighted by Gasteiger charge is 2.25. The van der Waals surface area contributed by atoms with Gasteiger partial charge in [-0.05, 0) is 38.8 Å². The Kier molecular flexibility index (Phi) is 6.78. The average Bonchev–Trinajstić information content (AvgIpc) is 3.46. The number of halogens is 3. The Morgan fingerprint density at radius 1 is 1.09 bits per heavy atom. The second-order valence-corrected chi connectivity index (χ2v) is 8.10. The molecule has 7 nitrogen and oxygen atoms in total. The topological polar surface area (TPSA) is 90.4 Å². The molecule has 0 bridgehead atoms. The van der Waals surface area contributed by atoms with E-state index in [9.17, 15) is 13.2 Å². The Balaban J connectivity index is 0.000000300. The van der Waals surface area contributed by atoms with Crippen molar-refractivity contribution in [3.8, 4) is 17.1 Å². The number of methoxy groups -OCH3 is 1. The zero-order valence-corrected chi connectivity index (χ0v) is 18.0. The van der Waals surface area contributed by atoms with Crippen LogP contribution in [0.15, 0.2) is 18.3 Å². The Hall–Kier alpha value is -2.88. The van der Waals surface area contributed by atoms with Crippen molar-refractivity contribution in [3.63, 3.8) is 0 Å². The highest BCUT2D eigenvalue weighted by atomic mass is 19.1. The summed E-state index contributed by atoms with van der Waals surface area (Å²) in [6, 6.07) is 2.49. The quantitative estimate of drug-likeness (QED) is 0.629. The zero-order chi connectivity index (χ0) is 22.7. The van der Waals surface area contributed by atoms with Crippen molar-refractivity contribution in [2.75, 3.05) is 25.9 Å². The van der Waals surface area contributed by atoms with Gasteiger partial charge in [-0.2, -0.15) is 5.10 Å². The van der Waals surface area contributed by atoms with Gasteiger partial charge in [-0.15, -0.1) is 0 Å². The first kappa shape index (κ1) is 22.3. The number of nitrogens with two attached hydrogens (primary N) is 1. The summed E-state index contributed by atoms with van der Waals surface area (Å²) >= 11 is 0. The van der Waals surface area contributed by atoms with Crippen LogP contribution in [0.25, 0.3) is 17.0 Å². The van der Waals surface area contributed by atoms with E-state index in [0.717, 1.165) is 50.5 Å². The fourth-order valence-corrected chi connectivity index (χ4v) is 4.17. The number of imidazole rings is 1. The summed E-state index contributed by atoms with van der Waals surface area (Å²) in [5, 5.41) is 7.72. The summed E-state index contributed by atoms with van der Waals surface area (Å²) < 4.78 is 46.7. The molecular formula is C22H27F3N6O. The van der Waals surface area contributed by atoms with E-state index in [1.165, 1.54) is 10.7 Å². The zero-order valence-electron chi connectivity index (χ0n) is 18.0. The van der Waals surface area contributed by atoms with E-state index in [1.54, 1.807) is 13.2 Å². The van der Waals surface area contributed by atoms with E-state index < -0.39 is 17.8 Å². The number of anilines is 1. The summed E-state index contributed by atoms with van der Waals surface area (Å²) in [6.07, 6.45) is 6.71. The van der Waals surface area contributed by atoms with Gasteiger partial charge in [0.15, 0.2) is 23.1 Å². The maximum absolute atomic E-state index is 14.2. The molecule has 5 rings (SSSR count). The first-order valence-electron chi connectivity index (χ1n) is 10.9. The minimum absolute atomic E-state index is 0.0820. The lowest BCUT2D eigenvalue weighted by Gasteiger charge is -2.14. The molecule has 2 aliphatic rings. The van der Waals surface area contributed by atoms with E-state index in [2.05, 4.69) is 20.4 Å². The lowest BCUT2D eigenvalue weighted by atomic mass is 10.0. The number of ether oxygens (including phenoxy) is 1. The highest BCUT2D eigenvalue weighted by molar-refractivity contribution is 5.62. The molecule has 4 heterocycles. The van der Waals surface area contributed by atoms with Crippen molar-refractivity contribution in [1.29, 1.82) is 0 Å². The number of pyridine rings is 1. The molecule has 3 N–H and O–H groups in total. The number of nitrogens with one attached hydrogen (secondary N) is 1. The van der Waals surface area contributed by atoms with Crippen LogP contribution in [0.4, 0.5) is 19.0 Å². The standard InChI is InChI=1S/C17H17F2N5O.C5H10FN/c1-25-13-7-14-21-8-12(16-10(18)6-11(19)17(20)22-16)24(14)23-15(13)9-4-2-3-5-9;6-5-1-3-7-4-2-5/h6-9H,2-5H2,1H3,(H2,20,22);5,7H,1-4H2. The predicted octanol–water partition coefficient (Wildman–Crippen LogP) is 4.03. The third-order valence-electron chi connectivity index (χ3n) is 5.91. The maximum atomic E-state index is 14.2. The van der Waals surface area contributed by atoms with Gasteiger partial charge < -0.3 is 15.8 Å². The molecule has 172 valence electrons. The van der Waals surface area contributed by atoms with Gasteiger partial charge in [-0.3, -0.25) is 0 Å². The molecular weight excluding hydrogens is 421 g/mol. The van der Waals surface area contributed by atoms with E-state index in [4.69, 9.17) is 10.5 Å². The van der Waals surface area contributed by atoms with Gasteiger partial charge in [-0.1, -0.05) is 12.8 Å². The van der Waals surface area contributed by atoms with Crippen LogP contribution in [-0.2, 0) is 0 Å². The minimum atomic E-state index is -0.892. The van der Waals surface area contributed by atoms with Gasteiger partial charge in [0.05, 0.1) is 13.3 Å². The second-order valence-electron chi connectivity index (χ2n) is 8.10. The van der Waals surface area contributed by atoms with Gasteiger partial charge in [-0.25, -0.2) is 27.7 Å². The monoisotopic (exact) mass is 448 g/mol. The predicted molar refractivity (Wildman–Crippen MR) is 115 cm³/mol. The van der Waals surface area contributed by atoms with Crippen molar-refractivity contribution in [1.82, 2.24) is 24.9 Å².